The summed E-state index contributed by atoms with van der Waals surface area (Å²) < 4.78 is 13.0. The number of rotatable bonds is 10. The van der Waals surface area contributed by atoms with Gasteiger partial charge >= 0.3 is 5.97 Å². The molecule has 0 spiro atoms. The van der Waals surface area contributed by atoms with Crippen LogP contribution in [0.3, 0.4) is 0 Å². The number of anilines is 2. The molecular formula is C32H46Br2N6O4S2. The number of methoxy groups -OCH3 is 1. The average molecular weight is 803 g/mol. The van der Waals surface area contributed by atoms with Crippen LogP contribution in [0.2, 0.25) is 0 Å². The molecule has 0 bridgehead atoms. The highest BCUT2D eigenvalue weighted by Crippen LogP contribution is 2.31. The summed E-state index contributed by atoms with van der Waals surface area (Å²) in [5.41, 5.74) is 1.97. The number of aliphatic hydroxyl groups is 1. The largest absolute Gasteiger partial charge is 0.492 e. The Kier molecular flexibility index (Phi) is 14.1. The first kappa shape index (κ1) is 37.0. The molecule has 2 fully saturated rings. The van der Waals surface area contributed by atoms with Crippen molar-refractivity contribution in [2.45, 2.75) is 65.2 Å². The molecule has 0 radical (unpaired) electrons. The first-order chi connectivity index (χ1) is 22.0. The van der Waals surface area contributed by atoms with Gasteiger partial charge in [0.25, 0.3) is 0 Å². The number of esters is 1. The minimum absolute atomic E-state index is 0.234. The number of thiazole rings is 2. The number of ether oxygens (including phenoxy) is 2. The molecule has 0 aliphatic carbocycles. The van der Waals surface area contributed by atoms with Crippen molar-refractivity contribution in [2.75, 3.05) is 69.4 Å². The van der Waals surface area contributed by atoms with Gasteiger partial charge in [0, 0.05) is 63.4 Å². The monoisotopic (exact) mass is 800 g/mol. The van der Waals surface area contributed by atoms with Crippen LogP contribution in [0.4, 0.5) is 10.3 Å². The fourth-order valence-corrected chi connectivity index (χ4v) is 8.62. The second-order valence-electron chi connectivity index (χ2n) is 12.0. The van der Waals surface area contributed by atoms with Crippen molar-refractivity contribution in [1.82, 2.24) is 19.8 Å². The Bertz CT molecular complexity index is 1390. The normalized spacial score (nSPS) is 22.4. The number of piperazine rings is 2. The Balaban J connectivity index is 0.000000240. The molecule has 2 saturated heterocycles. The lowest BCUT2D eigenvalue weighted by Crippen LogP contribution is -2.57. The summed E-state index contributed by atoms with van der Waals surface area (Å²) in [6.07, 6.45) is 3.98. The summed E-state index contributed by atoms with van der Waals surface area (Å²) in [4.78, 5) is 30.0. The molecule has 0 saturated carbocycles. The van der Waals surface area contributed by atoms with Crippen molar-refractivity contribution in [1.29, 1.82) is 0 Å². The molecule has 4 heterocycles. The summed E-state index contributed by atoms with van der Waals surface area (Å²) in [6, 6.07) is 7.61. The highest BCUT2D eigenvalue weighted by molar-refractivity contribution is 9.11. The topological polar surface area (TPSA) is 94.5 Å². The van der Waals surface area contributed by atoms with Crippen molar-refractivity contribution in [2.24, 2.45) is 0 Å². The van der Waals surface area contributed by atoms with E-state index in [-0.39, 0.29) is 19.0 Å². The number of β-amino-alcohol motifs (C(OH)–C–C–N with tert-alkyl or cyclic N) is 1. The predicted octanol–water partition coefficient (Wildman–Crippen LogP) is 5.70. The lowest BCUT2D eigenvalue weighted by atomic mass is 10.1. The van der Waals surface area contributed by atoms with Crippen LogP contribution in [0.1, 0.15) is 38.8 Å². The summed E-state index contributed by atoms with van der Waals surface area (Å²) in [5, 5.41) is 11.2. The third-order valence-electron chi connectivity index (χ3n) is 8.47. The van der Waals surface area contributed by atoms with Crippen LogP contribution in [0.25, 0.3) is 0 Å². The third kappa shape index (κ3) is 10.1. The van der Waals surface area contributed by atoms with Crippen molar-refractivity contribution in [3.05, 3.63) is 49.3 Å². The molecule has 14 heteroatoms. The number of benzene rings is 1. The first-order valence-electron chi connectivity index (χ1n) is 15.6. The second kappa shape index (κ2) is 17.5. The number of hydrogen-bond acceptors (Lipinski definition) is 12. The number of halogens is 2. The van der Waals surface area contributed by atoms with Crippen LogP contribution in [0.15, 0.2) is 38.2 Å². The zero-order valence-corrected chi connectivity index (χ0v) is 32.3. The van der Waals surface area contributed by atoms with Crippen molar-refractivity contribution in [3.8, 4) is 5.75 Å². The van der Waals surface area contributed by atoms with E-state index in [9.17, 15) is 4.79 Å². The molecule has 2 aliphatic rings. The van der Waals surface area contributed by atoms with Gasteiger partial charge in [-0.2, -0.15) is 0 Å². The molecular weight excluding hydrogens is 756 g/mol. The Labute approximate surface area is 298 Å². The molecule has 1 N–H and O–H groups in total. The van der Waals surface area contributed by atoms with Gasteiger partial charge in [-0.1, -0.05) is 34.8 Å². The summed E-state index contributed by atoms with van der Waals surface area (Å²) in [5.74, 6) is 0.588. The molecule has 2 aromatic heterocycles. The number of carbonyl (C=O) groups excluding carboxylic acids is 1. The number of nitrogens with zero attached hydrogens (tertiary/aromatic N) is 6. The van der Waals surface area contributed by atoms with Crippen molar-refractivity contribution >= 4 is 70.8 Å². The lowest BCUT2D eigenvalue weighted by Gasteiger charge is -2.44. The summed E-state index contributed by atoms with van der Waals surface area (Å²) in [6.45, 7) is 17.3. The molecule has 10 nitrogen and oxygen atoms in total. The van der Waals surface area contributed by atoms with Crippen LogP contribution in [0.5, 0.6) is 5.75 Å². The van der Waals surface area contributed by atoms with Crippen LogP contribution < -0.4 is 14.5 Å². The Morgan fingerprint density at radius 1 is 0.891 bits per heavy atom. The minimum Gasteiger partial charge on any atom is -0.492 e. The van der Waals surface area contributed by atoms with E-state index in [4.69, 9.17) is 14.6 Å². The van der Waals surface area contributed by atoms with Gasteiger partial charge in [-0.3, -0.25) is 14.6 Å². The first-order valence-corrected chi connectivity index (χ1v) is 18.8. The molecule has 254 valence electrons. The zero-order chi connectivity index (χ0) is 33.4. The van der Waals surface area contributed by atoms with Crippen LogP contribution >= 0.6 is 54.5 Å². The van der Waals surface area contributed by atoms with E-state index in [0.717, 1.165) is 74.0 Å². The zero-order valence-electron chi connectivity index (χ0n) is 27.5. The summed E-state index contributed by atoms with van der Waals surface area (Å²) >= 11 is 10.3. The fourth-order valence-electron chi connectivity index (χ4n) is 6.22. The van der Waals surface area contributed by atoms with E-state index in [1.54, 1.807) is 22.7 Å². The van der Waals surface area contributed by atoms with Gasteiger partial charge in [0.15, 0.2) is 10.3 Å². The van der Waals surface area contributed by atoms with Crippen LogP contribution in [0, 0.1) is 6.92 Å². The standard InChI is InChI=1S/C21H28BrN3O3S.C11H18BrN3OS/c1-14-5-6-17(10-20(26)27-4)9-18(14)28-8-7-25-15(2)12-24(13-16(25)3)21-23-11-19(22)29-21;1-8-6-14(11-13-5-10(12)17-11)7-9(2)15(8)3-4-16/h5-6,9,11,15-16H,7-8,10,12-13H2,1-4H3;5,8-9,16H,3-4,6-7H2,1-2H3/t15-,16+;8-,9+. The number of aliphatic hydroxyl groups excluding tert-OH is 1. The molecule has 2 aliphatic heterocycles. The van der Waals surface area contributed by atoms with Gasteiger partial charge in [-0.05, 0) is 83.7 Å². The van der Waals surface area contributed by atoms with E-state index in [2.05, 4.69) is 89.1 Å². The highest BCUT2D eigenvalue weighted by atomic mass is 79.9. The van der Waals surface area contributed by atoms with Crippen LogP contribution in [-0.4, -0.2) is 115 Å². The third-order valence-corrected chi connectivity index (χ3v) is 11.5. The van der Waals surface area contributed by atoms with Crippen molar-refractivity contribution < 1.29 is 19.4 Å². The molecule has 0 unspecified atom stereocenters. The lowest BCUT2D eigenvalue weighted by molar-refractivity contribution is -0.139. The quantitative estimate of drug-likeness (QED) is 0.258. The number of aryl methyl sites for hydroxylation is 1. The van der Waals surface area contributed by atoms with Crippen molar-refractivity contribution in [3.63, 3.8) is 0 Å². The minimum atomic E-state index is -0.243. The molecule has 4 atom stereocenters. The highest BCUT2D eigenvalue weighted by Gasteiger charge is 2.31. The molecule has 46 heavy (non-hydrogen) atoms. The molecule has 5 rings (SSSR count). The van der Waals surface area contributed by atoms with Gasteiger partial charge in [-0.25, -0.2) is 9.97 Å². The maximum absolute atomic E-state index is 11.5. The fraction of sp³-hybridized carbons (Fsp3) is 0.594. The Morgan fingerprint density at radius 3 is 1.83 bits per heavy atom. The van der Waals surface area contributed by atoms with E-state index in [1.807, 2.05) is 37.5 Å². The molecule has 1 aromatic carbocycles. The predicted molar refractivity (Wildman–Crippen MR) is 195 cm³/mol. The maximum Gasteiger partial charge on any atom is 0.309 e. The Morgan fingerprint density at radius 2 is 1.39 bits per heavy atom. The summed E-state index contributed by atoms with van der Waals surface area (Å²) in [7, 11) is 1.41. The molecule has 0 amide bonds. The van der Waals surface area contributed by atoms with Gasteiger partial charge in [0.2, 0.25) is 0 Å². The number of aromatic nitrogens is 2. The van der Waals surface area contributed by atoms with Gasteiger partial charge < -0.3 is 24.4 Å². The van der Waals surface area contributed by atoms with E-state index in [0.29, 0.717) is 30.8 Å². The van der Waals surface area contributed by atoms with Gasteiger partial charge in [0.05, 0.1) is 40.1 Å². The molecule has 3 aromatic rings. The maximum atomic E-state index is 11.5. The average Bonchev–Trinajstić information content (AvgIpc) is 3.66. The van der Waals surface area contributed by atoms with E-state index in [1.165, 1.54) is 7.11 Å². The second-order valence-corrected chi connectivity index (χ2v) is 16.8. The number of carbonyl (C=O) groups is 1. The van der Waals surface area contributed by atoms with Crippen LogP contribution in [-0.2, 0) is 16.0 Å². The van der Waals surface area contributed by atoms with Gasteiger partial charge in [0.1, 0.15) is 12.4 Å². The van der Waals surface area contributed by atoms with E-state index < -0.39 is 0 Å². The SMILES string of the molecule is COC(=O)Cc1ccc(C)c(OCCN2[C@H](C)CN(c3ncc(Br)s3)C[C@@H]2C)c1.C[C@@H]1CN(c2ncc(Br)s2)C[C@H](C)N1CCO. The smallest absolute Gasteiger partial charge is 0.309 e. The Hall–Kier alpha value is -1.81. The van der Waals surface area contributed by atoms with Gasteiger partial charge in [-0.15, -0.1) is 0 Å². The number of hydrogen-bond donors (Lipinski definition) is 1. The van der Waals surface area contributed by atoms with E-state index >= 15 is 0 Å².